The number of methoxy groups -OCH3 is 1. The summed E-state index contributed by atoms with van der Waals surface area (Å²) in [4.78, 5) is 25.4. The van der Waals surface area contributed by atoms with Crippen LogP contribution in [0.15, 0.2) is 30.3 Å². The van der Waals surface area contributed by atoms with Crippen LogP contribution in [0, 0.1) is 5.41 Å². The number of amides is 1. The van der Waals surface area contributed by atoms with Gasteiger partial charge >= 0.3 is 5.97 Å². The molecule has 1 fully saturated rings. The van der Waals surface area contributed by atoms with Gasteiger partial charge in [-0.25, -0.2) is 4.79 Å². The number of esters is 1. The molecule has 0 radical (unpaired) electrons. The van der Waals surface area contributed by atoms with E-state index < -0.39 is 6.04 Å². The molecule has 0 aromatic heterocycles. The fraction of sp³-hybridized carbons (Fsp3) is 0.529. The Morgan fingerprint density at radius 2 is 1.95 bits per heavy atom. The molecule has 1 heterocycles. The van der Waals surface area contributed by atoms with Crippen LogP contribution < -0.4 is 0 Å². The van der Waals surface area contributed by atoms with Gasteiger partial charge in [-0.3, -0.25) is 4.79 Å². The molecule has 1 aromatic rings. The summed E-state index contributed by atoms with van der Waals surface area (Å²) < 4.78 is 4.94. The molecule has 0 unspecified atom stereocenters. The standard InChI is InChI=1S/C17H23NO3S/c1-17(2,3)16-18(11-19)14(15(20)21-4)13(22-16)10-12-8-6-5-7-9-12/h5-9,11,13-14,16H,10H2,1-4H3/t13-,14+,16-/m1/s1. The van der Waals surface area contributed by atoms with Crippen molar-refractivity contribution in [3.8, 4) is 0 Å². The summed E-state index contributed by atoms with van der Waals surface area (Å²) >= 11 is 1.69. The van der Waals surface area contributed by atoms with E-state index in [4.69, 9.17) is 4.74 Å². The molecule has 0 spiro atoms. The van der Waals surface area contributed by atoms with Crippen molar-refractivity contribution < 1.29 is 14.3 Å². The summed E-state index contributed by atoms with van der Waals surface area (Å²) in [7, 11) is 1.37. The molecule has 0 saturated carbocycles. The molecular formula is C17H23NO3S. The van der Waals surface area contributed by atoms with Crippen LogP contribution in [0.2, 0.25) is 0 Å². The molecule has 0 aliphatic carbocycles. The van der Waals surface area contributed by atoms with Crippen LogP contribution in [-0.4, -0.2) is 41.1 Å². The Hall–Kier alpha value is -1.49. The molecule has 1 aromatic carbocycles. The number of rotatable bonds is 4. The van der Waals surface area contributed by atoms with Gasteiger partial charge in [-0.05, 0) is 17.4 Å². The van der Waals surface area contributed by atoms with Crippen molar-refractivity contribution in [3.63, 3.8) is 0 Å². The first-order valence-corrected chi connectivity index (χ1v) is 8.32. The maximum absolute atomic E-state index is 12.2. The average Bonchev–Trinajstić information content (AvgIpc) is 2.86. The third-order valence-electron chi connectivity index (χ3n) is 3.83. The summed E-state index contributed by atoms with van der Waals surface area (Å²) in [6, 6.07) is 9.51. The van der Waals surface area contributed by atoms with Crippen molar-refractivity contribution in [2.45, 2.75) is 43.9 Å². The quantitative estimate of drug-likeness (QED) is 0.632. The van der Waals surface area contributed by atoms with E-state index in [1.54, 1.807) is 16.7 Å². The number of hydrogen-bond donors (Lipinski definition) is 0. The normalized spacial score (nSPS) is 25.1. The first kappa shape index (κ1) is 16.9. The first-order valence-electron chi connectivity index (χ1n) is 7.38. The molecule has 22 heavy (non-hydrogen) atoms. The van der Waals surface area contributed by atoms with E-state index in [9.17, 15) is 9.59 Å². The van der Waals surface area contributed by atoms with E-state index in [2.05, 4.69) is 20.8 Å². The number of thioether (sulfide) groups is 1. The Morgan fingerprint density at radius 1 is 1.32 bits per heavy atom. The lowest BCUT2D eigenvalue weighted by Gasteiger charge is -2.33. The summed E-state index contributed by atoms with van der Waals surface area (Å²) in [5.41, 5.74) is 1.05. The second-order valence-corrected chi connectivity index (χ2v) is 7.93. The number of carbonyl (C=O) groups excluding carboxylic acids is 2. The molecular weight excluding hydrogens is 298 g/mol. The van der Waals surface area contributed by atoms with E-state index in [0.29, 0.717) is 0 Å². The summed E-state index contributed by atoms with van der Waals surface area (Å²) in [6.07, 6.45) is 1.53. The predicted molar refractivity (Wildman–Crippen MR) is 88.5 cm³/mol. The van der Waals surface area contributed by atoms with E-state index in [0.717, 1.165) is 18.4 Å². The Bertz CT molecular complexity index is 526. The summed E-state index contributed by atoms with van der Waals surface area (Å²) in [6.45, 7) is 6.25. The van der Waals surface area contributed by atoms with E-state index >= 15 is 0 Å². The largest absolute Gasteiger partial charge is 0.467 e. The SMILES string of the molecule is COC(=O)[C@@H]1[C@@H](Cc2ccccc2)S[C@H](C(C)(C)C)N1C=O. The second-order valence-electron chi connectivity index (χ2n) is 6.60. The zero-order valence-corrected chi connectivity index (χ0v) is 14.3. The fourth-order valence-corrected chi connectivity index (χ4v) is 4.57. The molecule has 1 aliphatic heterocycles. The van der Waals surface area contributed by atoms with Crippen molar-refractivity contribution in [1.82, 2.24) is 4.90 Å². The van der Waals surface area contributed by atoms with E-state index in [1.807, 2.05) is 30.3 Å². The molecule has 1 aliphatic rings. The monoisotopic (exact) mass is 321 g/mol. The third-order valence-corrected chi connectivity index (χ3v) is 5.82. The summed E-state index contributed by atoms with van der Waals surface area (Å²) in [5.74, 6) is -0.340. The Morgan fingerprint density at radius 3 is 2.45 bits per heavy atom. The molecule has 3 atom stereocenters. The minimum Gasteiger partial charge on any atom is -0.467 e. The van der Waals surface area contributed by atoms with Crippen molar-refractivity contribution in [3.05, 3.63) is 35.9 Å². The third kappa shape index (κ3) is 3.46. The predicted octanol–water partition coefficient (Wildman–Crippen LogP) is 2.72. The highest BCUT2D eigenvalue weighted by molar-refractivity contribution is 8.00. The van der Waals surface area contributed by atoms with Gasteiger partial charge in [-0.15, -0.1) is 11.8 Å². The molecule has 5 heteroatoms. The lowest BCUT2D eigenvalue weighted by atomic mass is 9.94. The van der Waals surface area contributed by atoms with Crippen LogP contribution in [0.5, 0.6) is 0 Å². The minimum absolute atomic E-state index is 0.00396. The number of ether oxygens (including phenoxy) is 1. The lowest BCUT2D eigenvalue weighted by molar-refractivity contribution is -0.150. The number of hydrogen-bond acceptors (Lipinski definition) is 4. The number of carbonyl (C=O) groups is 2. The lowest BCUT2D eigenvalue weighted by Crippen LogP contribution is -2.47. The second kappa shape index (κ2) is 6.73. The van der Waals surface area contributed by atoms with Crippen molar-refractivity contribution >= 4 is 24.1 Å². The zero-order chi connectivity index (χ0) is 16.3. The average molecular weight is 321 g/mol. The van der Waals surface area contributed by atoms with Gasteiger partial charge in [0.1, 0.15) is 6.04 Å². The Labute approximate surface area is 136 Å². The summed E-state index contributed by atoms with van der Waals surface area (Å²) in [5, 5.41) is -0.0351. The van der Waals surface area contributed by atoms with Crippen LogP contribution in [0.3, 0.4) is 0 Å². The van der Waals surface area contributed by atoms with Gasteiger partial charge < -0.3 is 9.64 Å². The van der Waals surface area contributed by atoms with Gasteiger partial charge in [0.15, 0.2) is 0 Å². The topological polar surface area (TPSA) is 46.6 Å². The van der Waals surface area contributed by atoms with Crippen molar-refractivity contribution in [2.75, 3.05) is 7.11 Å². The smallest absolute Gasteiger partial charge is 0.329 e. The Balaban J connectivity index is 2.30. The van der Waals surface area contributed by atoms with Crippen molar-refractivity contribution in [2.24, 2.45) is 5.41 Å². The number of nitrogens with zero attached hydrogens (tertiary/aromatic N) is 1. The van der Waals surface area contributed by atoms with Crippen LogP contribution in [-0.2, 0) is 20.7 Å². The van der Waals surface area contributed by atoms with E-state index in [-0.39, 0.29) is 22.0 Å². The number of benzene rings is 1. The Kier molecular flexibility index (Phi) is 5.16. The van der Waals surface area contributed by atoms with Gasteiger partial charge in [-0.2, -0.15) is 0 Å². The minimum atomic E-state index is -0.531. The van der Waals surface area contributed by atoms with Gasteiger partial charge in [0.2, 0.25) is 6.41 Å². The fourth-order valence-electron chi connectivity index (χ4n) is 2.82. The van der Waals surface area contributed by atoms with Crippen LogP contribution in [0.4, 0.5) is 0 Å². The van der Waals surface area contributed by atoms with E-state index in [1.165, 1.54) is 7.11 Å². The molecule has 4 nitrogen and oxygen atoms in total. The molecule has 2 rings (SSSR count). The first-order chi connectivity index (χ1) is 10.4. The molecule has 0 N–H and O–H groups in total. The van der Waals surface area contributed by atoms with Gasteiger partial charge in [0, 0.05) is 5.25 Å². The van der Waals surface area contributed by atoms with Crippen LogP contribution in [0.25, 0.3) is 0 Å². The highest BCUT2D eigenvalue weighted by atomic mass is 32.2. The molecule has 120 valence electrons. The molecule has 0 bridgehead atoms. The van der Waals surface area contributed by atoms with Gasteiger partial charge in [0.05, 0.1) is 12.5 Å². The maximum atomic E-state index is 12.2. The van der Waals surface area contributed by atoms with Crippen molar-refractivity contribution in [1.29, 1.82) is 0 Å². The maximum Gasteiger partial charge on any atom is 0.329 e. The molecule has 1 saturated heterocycles. The zero-order valence-electron chi connectivity index (χ0n) is 13.5. The highest BCUT2D eigenvalue weighted by Crippen LogP contribution is 2.45. The van der Waals surface area contributed by atoms with Gasteiger partial charge in [0.25, 0.3) is 0 Å². The highest BCUT2D eigenvalue weighted by Gasteiger charge is 2.49. The van der Waals surface area contributed by atoms with Crippen LogP contribution in [0.1, 0.15) is 26.3 Å². The molecule has 1 amide bonds. The van der Waals surface area contributed by atoms with Crippen LogP contribution >= 0.6 is 11.8 Å². The van der Waals surface area contributed by atoms with Gasteiger partial charge in [-0.1, -0.05) is 51.1 Å².